The summed E-state index contributed by atoms with van der Waals surface area (Å²) in [4.78, 5) is 38.6. The summed E-state index contributed by atoms with van der Waals surface area (Å²) >= 11 is 0. The first-order valence-electron chi connectivity index (χ1n) is 9.77. The highest BCUT2D eigenvalue weighted by Gasteiger charge is 2.55. The highest BCUT2D eigenvalue weighted by atomic mass is 16.3. The van der Waals surface area contributed by atoms with Crippen LogP contribution in [-0.4, -0.2) is 46.5 Å². The van der Waals surface area contributed by atoms with Crippen LogP contribution in [0.2, 0.25) is 0 Å². The highest BCUT2D eigenvalue weighted by Crippen LogP contribution is 2.38. The minimum atomic E-state index is -1.33. The van der Waals surface area contributed by atoms with Crippen LogP contribution in [0.15, 0.2) is 10.5 Å². The van der Waals surface area contributed by atoms with E-state index in [1.165, 1.54) is 0 Å². The van der Waals surface area contributed by atoms with Gasteiger partial charge in [-0.05, 0) is 45.6 Å². The van der Waals surface area contributed by atoms with Gasteiger partial charge in [0.25, 0.3) is 5.91 Å². The number of furan rings is 1. The van der Waals surface area contributed by atoms with E-state index in [0.717, 1.165) is 24.2 Å². The van der Waals surface area contributed by atoms with Crippen molar-refractivity contribution in [2.45, 2.75) is 64.5 Å². The Hall–Kier alpha value is -2.35. The molecule has 3 N–H and O–H groups in total. The van der Waals surface area contributed by atoms with E-state index in [2.05, 4.69) is 10.6 Å². The highest BCUT2D eigenvalue weighted by molar-refractivity contribution is 6.09. The van der Waals surface area contributed by atoms with Crippen molar-refractivity contribution in [1.29, 1.82) is 0 Å². The van der Waals surface area contributed by atoms with Gasteiger partial charge in [-0.15, -0.1) is 0 Å². The molecule has 1 saturated carbocycles. The predicted octanol–water partition coefficient (Wildman–Crippen LogP) is 1.72. The minimum Gasteiger partial charge on any atom is -0.466 e. The van der Waals surface area contributed by atoms with E-state index in [0.29, 0.717) is 23.5 Å². The standard InChI is InChI=1S/C20H29N3O5/c1-12-7-5-6-8-20(12)17(25)23(18(26)22-20)10-16(24)21-11-19(4,27)15-9-13(2)28-14(15)3/h9,12,27H,5-8,10-11H2,1-4H3,(H,21,24)(H,22,26)/t12-,19-,20-/m1/s1. The maximum Gasteiger partial charge on any atom is 0.325 e. The summed E-state index contributed by atoms with van der Waals surface area (Å²) in [5.74, 6) is 0.471. The fourth-order valence-electron chi connectivity index (χ4n) is 4.37. The number of aliphatic hydroxyl groups is 1. The molecule has 4 amide bonds. The third kappa shape index (κ3) is 3.53. The van der Waals surface area contributed by atoms with Crippen LogP contribution in [0.3, 0.4) is 0 Å². The molecule has 28 heavy (non-hydrogen) atoms. The Morgan fingerprint density at radius 3 is 2.75 bits per heavy atom. The van der Waals surface area contributed by atoms with Crippen LogP contribution in [0, 0.1) is 19.8 Å². The first-order chi connectivity index (χ1) is 13.1. The molecule has 0 unspecified atom stereocenters. The Morgan fingerprint density at radius 2 is 2.14 bits per heavy atom. The molecule has 1 aromatic rings. The summed E-state index contributed by atoms with van der Waals surface area (Å²) in [7, 11) is 0. The first kappa shape index (κ1) is 20.4. The van der Waals surface area contributed by atoms with Crippen LogP contribution in [0.5, 0.6) is 0 Å². The van der Waals surface area contributed by atoms with Crippen molar-refractivity contribution < 1.29 is 23.9 Å². The van der Waals surface area contributed by atoms with Gasteiger partial charge in [0.15, 0.2) is 0 Å². The number of carbonyl (C=O) groups is 3. The fraction of sp³-hybridized carbons (Fsp3) is 0.650. The van der Waals surface area contributed by atoms with Crippen molar-refractivity contribution in [3.05, 3.63) is 23.2 Å². The van der Waals surface area contributed by atoms with Gasteiger partial charge in [0.2, 0.25) is 5.91 Å². The van der Waals surface area contributed by atoms with Gasteiger partial charge in [-0.3, -0.25) is 14.5 Å². The van der Waals surface area contributed by atoms with E-state index in [9.17, 15) is 19.5 Å². The van der Waals surface area contributed by atoms with Crippen LogP contribution < -0.4 is 10.6 Å². The molecule has 2 heterocycles. The van der Waals surface area contributed by atoms with Gasteiger partial charge < -0.3 is 20.2 Å². The Bertz CT molecular complexity index is 800. The van der Waals surface area contributed by atoms with Crippen LogP contribution in [-0.2, 0) is 15.2 Å². The van der Waals surface area contributed by atoms with Gasteiger partial charge in [0.1, 0.15) is 29.2 Å². The lowest BCUT2D eigenvalue weighted by molar-refractivity contribution is -0.137. The van der Waals surface area contributed by atoms with Crippen molar-refractivity contribution in [3.63, 3.8) is 0 Å². The largest absolute Gasteiger partial charge is 0.466 e. The maximum absolute atomic E-state index is 12.9. The Morgan fingerprint density at radius 1 is 1.43 bits per heavy atom. The maximum atomic E-state index is 12.9. The summed E-state index contributed by atoms with van der Waals surface area (Å²) in [5, 5.41) is 16.1. The quantitative estimate of drug-likeness (QED) is 0.662. The van der Waals surface area contributed by atoms with E-state index in [1.807, 2.05) is 6.92 Å². The van der Waals surface area contributed by atoms with Crippen molar-refractivity contribution in [2.75, 3.05) is 13.1 Å². The number of rotatable bonds is 5. The van der Waals surface area contributed by atoms with Gasteiger partial charge >= 0.3 is 6.03 Å². The van der Waals surface area contributed by atoms with Crippen molar-refractivity contribution >= 4 is 17.8 Å². The van der Waals surface area contributed by atoms with E-state index >= 15 is 0 Å². The van der Waals surface area contributed by atoms with Gasteiger partial charge in [0, 0.05) is 5.56 Å². The molecule has 2 aliphatic rings. The lowest BCUT2D eigenvalue weighted by Gasteiger charge is -2.36. The zero-order chi connectivity index (χ0) is 20.7. The van der Waals surface area contributed by atoms with Crippen molar-refractivity contribution in [3.8, 4) is 0 Å². The Balaban J connectivity index is 1.62. The third-order valence-corrected chi connectivity index (χ3v) is 6.05. The Kier molecular flexibility index (Phi) is 5.27. The number of nitrogens with zero attached hydrogens (tertiary/aromatic N) is 1. The molecule has 1 aromatic heterocycles. The zero-order valence-corrected chi connectivity index (χ0v) is 16.9. The number of urea groups is 1. The molecule has 8 nitrogen and oxygen atoms in total. The number of hydrogen-bond acceptors (Lipinski definition) is 5. The van der Waals surface area contributed by atoms with Gasteiger partial charge in [0.05, 0.1) is 6.54 Å². The molecule has 1 saturated heterocycles. The van der Waals surface area contributed by atoms with E-state index in [-0.39, 0.29) is 24.9 Å². The molecule has 154 valence electrons. The molecule has 3 atom stereocenters. The molecule has 0 aromatic carbocycles. The summed E-state index contributed by atoms with van der Waals surface area (Å²) < 4.78 is 5.44. The predicted molar refractivity (Wildman–Crippen MR) is 101 cm³/mol. The number of aryl methyl sites for hydroxylation is 2. The number of nitrogens with one attached hydrogen (secondary N) is 2. The van der Waals surface area contributed by atoms with Crippen LogP contribution in [0.25, 0.3) is 0 Å². The summed E-state index contributed by atoms with van der Waals surface area (Å²) in [6.07, 6.45) is 3.39. The lowest BCUT2D eigenvalue weighted by atomic mass is 9.73. The average molecular weight is 391 g/mol. The molecular formula is C20H29N3O5. The lowest BCUT2D eigenvalue weighted by Crippen LogP contribution is -2.54. The number of amides is 4. The Labute approximate surface area is 164 Å². The van der Waals surface area contributed by atoms with E-state index < -0.39 is 23.1 Å². The van der Waals surface area contributed by atoms with Crippen LogP contribution in [0.1, 0.15) is 56.6 Å². The van der Waals surface area contributed by atoms with Crippen LogP contribution in [0.4, 0.5) is 4.79 Å². The van der Waals surface area contributed by atoms with E-state index in [4.69, 9.17) is 4.42 Å². The molecule has 8 heteroatoms. The average Bonchev–Trinajstić information content (AvgIpc) is 3.08. The molecule has 0 bridgehead atoms. The SMILES string of the molecule is Cc1cc([C@](C)(O)CNC(=O)CN2C(=O)N[C@@]3(CCCC[C@H]3C)C2=O)c(C)o1. The first-order valence-corrected chi connectivity index (χ1v) is 9.77. The second-order valence-corrected chi connectivity index (χ2v) is 8.32. The smallest absolute Gasteiger partial charge is 0.325 e. The summed E-state index contributed by atoms with van der Waals surface area (Å²) in [5.41, 5.74) is -1.62. The number of imide groups is 1. The second kappa shape index (κ2) is 7.24. The monoisotopic (exact) mass is 391 g/mol. The molecule has 0 radical (unpaired) electrons. The third-order valence-electron chi connectivity index (χ3n) is 6.05. The van der Waals surface area contributed by atoms with Crippen molar-refractivity contribution in [2.24, 2.45) is 5.92 Å². The fourth-order valence-corrected chi connectivity index (χ4v) is 4.37. The molecular weight excluding hydrogens is 362 g/mol. The minimum absolute atomic E-state index is 0.0406. The summed E-state index contributed by atoms with van der Waals surface area (Å²) in [6, 6.07) is 1.20. The molecule has 3 rings (SSSR count). The number of hydrogen-bond donors (Lipinski definition) is 3. The van der Waals surface area contributed by atoms with Crippen molar-refractivity contribution in [1.82, 2.24) is 15.5 Å². The van der Waals surface area contributed by atoms with Gasteiger partial charge in [-0.25, -0.2) is 4.79 Å². The topological polar surface area (TPSA) is 112 Å². The van der Waals surface area contributed by atoms with Crippen LogP contribution >= 0.6 is 0 Å². The zero-order valence-electron chi connectivity index (χ0n) is 16.9. The normalized spacial score (nSPS) is 27.0. The van der Waals surface area contributed by atoms with E-state index in [1.54, 1.807) is 26.8 Å². The van der Waals surface area contributed by atoms with Gasteiger partial charge in [-0.2, -0.15) is 0 Å². The second-order valence-electron chi connectivity index (χ2n) is 8.32. The summed E-state index contributed by atoms with van der Waals surface area (Å²) in [6.45, 7) is 6.65. The molecule has 1 aliphatic carbocycles. The van der Waals surface area contributed by atoms with Gasteiger partial charge in [-0.1, -0.05) is 19.8 Å². The molecule has 1 aliphatic heterocycles. The molecule has 2 fully saturated rings. The molecule has 1 spiro atoms. The number of carbonyl (C=O) groups excluding carboxylic acids is 3.